The maximum absolute atomic E-state index is 12.7. The SMILES string of the molecule is CN(Cc1cccnc1)C(=O)Nc1ccc(F)cn1. The van der Waals surface area contributed by atoms with E-state index in [1.165, 1.54) is 17.0 Å². The van der Waals surface area contributed by atoms with Gasteiger partial charge >= 0.3 is 6.03 Å². The van der Waals surface area contributed by atoms with Crippen LogP contribution in [0, 0.1) is 5.82 Å². The highest BCUT2D eigenvalue weighted by molar-refractivity contribution is 5.87. The zero-order valence-electron chi connectivity index (χ0n) is 10.4. The molecule has 0 aliphatic heterocycles. The highest BCUT2D eigenvalue weighted by Gasteiger charge is 2.09. The molecule has 2 rings (SSSR count). The molecule has 98 valence electrons. The average molecular weight is 260 g/mol. The molecule has 2 aromatic rings. The Morgan fingerprint density at radius 3 is 2.84 bits per heavy atom. The van der Waals surface area contributed by atoms with E-state index in [2.05, 4.69) is 15.3 Å². The van der Waals surface area contributed by atoms with Crippen LogP contribution in [0.5, 0.6) is 0 Å². The second-order valence-electron chi connectivity index (χ2n) is 4.01. The lowest BCUT2D eigenvalue weighted by Gasteiger charge is -2.17. The molecule has 0 aliphatic carbocycles. The Labute approximate surface area is 110 Å². The van der Waals surface area contributed by atoms with Gasteiger partial charge in [0.1, 0.15) is 11.6 Å². The lowest BCUT2D eigenvalue weighted by molar-refractivity contribution is 0.220. The third-order valence-corrected chi connectivity index (χ3v) is 2.45. The van der Waals surface area contributed by atoms with E-state index in [4.69, 9.17) is 0 Å². The number of aromatic nitrogens is 2. The van der Waals surface area contributed by atoms with Gasteiger partial charge in [-0.3, -0.25) is 10.3 Å². The second kappa shape index (κ2) is 5.90. The fourth-order valence-electron chi connectivity index (χ4n) is 1.49. The molecule has 5 nitrogen and oxygen atoms in total. The van der Waals surface area contributed by atoms with Gasteiger partial charge in [0.05, 0.1) is 6.20 Å². The fraction of sp³-hybridized carbons (Fsp3) is 0.154. The number of pyridine rings is 2. The van der Waals surface area contributed by atoms with E-state index in [1.807, 2.05) is 12.1 Å². The summed E-state index contributed by atoms with van der Waals surface area (Å²) in [6.07, 6.45) is 4.42. The van der Waals surface area contributed by atoms with Crippen molar-refractivity contribution < 1.29 is 9.18 Å². The molecule has 0 atom stereocenters. The van der Waals surface area contributed by atoms with E-state index in [9.17, 15) is 9.18 Å². The Bertz CT molecular complexity index is 544. The molecule has 0 aromatic carbocycles. The standard InChI is InChI=1S/C13H13FN4O/c1-18(9-10-3-2-6-15-7-10)13(19)17-12-5-4-11(14)8-16-12/h2-8H,9H2,1H3,(H,16,17,19). The van der Waals surface area contributed by atoms with E-state index < -0.39 is 5.82 Å². The van der Waals surface area contributed by atoms with Crippen LogP contribution in [-0.4, -0.2) is 27.9 Å². The van der Waals surface area contributed by atoms with Crippen LogP contribution in [0.2, 0.25) is 0 Å². The molecule has 0 spiro atoms. The molecule has 0 radical (unpaired) electrons. The monoisotopic (exact) mass is 260 g/mol. The number of rotatable bonds is 3. The largest absolute Gasteiger partial charge is 0.323 e. The summed E-state index contributed by atoms with van der Waals surface area (Å²) in [6.45, 7) is 0.431. The molecule has 0 aliphatic rings. The minimum absolute atomic E-state index is 0.310. The van der Waals surface area contributed by atoms with E-state index >= 15 is 0 Å². The molecule has 19 heavy (non-hydrogen) atoms. The van der Waals surface area contributed by atoms with E-state index in [-0.39, 0.29) is 6.03 Å². The van der Waals surface area contributed by atoms with Gasteiger partial charge in [0.25, 0.3) is 0 Å². The van der Waals surface area contributed by atoms with E-state index in [0.29, 0.717) is 12.4 Å². The summed E-state index contributed by atoms with van der Waals surface area (Å²) in [5.41, 5.74) is 0.923. The summed E-state index contributed by atoms with van der Waals surface area (Å²) in [4.78, 5) is 21.1. The van der Waals surface area contributed by atoms with Crippen molar-refractivity contribution in [2.45, 2.75) is 6.54 Å². The number of carbonyl (C=O) groups is 1. The molecule has 2 amide bonds. The Morgan fingerprint density at radius 1 is 1.37 bits per heavy atom. The first-order chi connectivity index (χ1) is 9.15. The van der Waals surface area contributed by atoms with Crippen molar-refractivity contribution in [2.24, 2.45) is 0 Å². The summed E-state index contributed by atoms with van der Waals surface area (Å²) in [7, 11) is 1.66. The summed E-state index contributed by atoms with van der Waals surface area (Å²) < 4.78 is 12.7. The van der Waals surface area contributed by atoms with Gasteiger partial charge < -0.3 is 4.90 Å². The molecule has 0 saturated carbocycles. The van der Waals surface area contributed by atoms with Crippen molar-refractivity contribution in [1.82, 2.24) is 14.9 Å². The first kappa shape index (κ1) is 12.9. The van der Waals surface area contributed by atoms with Crippen LogP contribution in [0.3, 0.4) is 0 Å². The number of nitrogens with one attached hydrogen (secondary N) is 1. The smallest absolute Gasteiger partial charge is 0.323 e. The second-order valence-corrected chi connectivity index (χ2v) is 4.01. The number of urea groups is 1. The van der Waals surface area contributed by atoms with Crippen LogP contribution >= 0.6 is 0 Å². The topological polar surface area (TPSA) is 58.1 Å². The zero-order valence-corrected chi connectivity index (χ0v) is 10.4. The molecular weight excluding hydrogens is 247 g/mol. The first-order valence-electron chi connectivity index (χ1n) is 5.68. The predicted molar refractivity (Wildman–Crippen MR) is 68.9 cm³/mol. The Hall–Kier alpha value is -2.50. The summed E-state index contributed by atoms with van der Waals surface area (Å²) in [6, 6.07) is 6.02. The third-order valence-electron chi connectivity index (χ3n) is 2.45. The van der Waals surface area contributed by atoms with Gasteiger partial charge in [0.15, 0.2) is 0 Å². The van der Waals surface area contributed by atoms with Gasteiger partial charge in [0, 0.05) is 26.0 Å². The minimum atomic E-state index is -0.443. The highest BCUT2D eigenvalue weighted by atomic mass is 19.1. The molecule has 2 heterocycles. The number of anilines is 1. The quantitative estimate of drug-likeness (QED) is 0.921. The van der Waals surface area contributed by atoms with Gasteiger partial charge in [-0.05, 0) is 23.8 Å². The number of halogens is 1. The van der Waals surface area contributed by atoms with Crippen LogP contribution in [-0.2, 0) is 6.54 Å². The summed E-state index contributed by atoms with van der Waals surface area (Å²) >= 11 is 0. The maximum atomic E-state index is 12.7. The zero-order chi connectivity index (χ0) is 13.7. The third kappa shape index (κ3) is 3.74. The molecule has 0 bridgehead atoms. The molecule has 0 fully saturated rings. The molecule has 0 unspecified atom stereocenters. The number of carbonyl (C=O) groups excluding carboxylic acids is 1. The minimum Gasteiger partial charge on any atom is -0.323 e. The van der Waals surface area contributed by atoms with Crippen LogP contribution in [0.15, 0.2) is 42.9 Å². The Kier molecular flexibility index (Phi) is 4.02. The summed E-state index contributed by atoms with van der Waals surface area (Å²) in [5, 5.41) is 2.58. The number of hydrogen-bond acceptors (Lipinski definition) is 3. The number of nitrogens with zero attached hydrogens (tertiary/aromatic N) is 3. The van der Waals surface area contributed by atoms with E-state index in [0.717, 1.165) is 11.8 Å². The molecule has 0 saturated heterocycles. The van der Waals surface area contributed by atoms with Crippen LogP contribution in [0.1, 0.15) is 5.56 Å². The fourth-order valence-corrected chi connectivity index (χ4v) is 1.49. The molecule has 2 aromatic heterocycles. The van der Waals surface area contributed by atoms with Crippen molar-refractivity contribution in [3.05, 3.63) is 54.2 Å². The predicted octanol–water partition coefficient (Wildman–Crippen LogP) is 2.28. The Morgan fingerprint density at radius 2 is 2.21 bits per heavy atom. The van der Waals surface area contributed by atoms with Crippen LogP contribution in [0.25, 0.3) is 0 Å². The number of amides is 2. The van der Waals surface area contributed by atoms with Crippen molar-refractivity contribution in [2.75, 3.05) is 12.4 Å². The Balaban J connectivity index is 1.94. The normalized spacial score (nSPS) is 10.0. The molecule has 1 N–H and O–H groups in total. The first-order valence-corrected chi connectivity index (χ1v) is 5.68. The van der Waals surface area contributed by atoms with Crippen LogP contribution in [0.4, 0.5) is 15.0 Å². The average Bonchev–Trinajstić information content (AvgIpc) is 2.42. The van der Waals surface area contributed by atoms with Gasteiger partial charge in [0.2, 0.25) is 0 Å². The maximum Gasteiger partial charge on any atom is 0.323 e. The van der Waals surface area contributed by atoms with Gasteiger partial charge in [-0.1, -0.05) is 6.07 Å². The van der Waals surface area contributed by atoms with E-state index in [1.54, 1.807) is 19.4 Å². The molecular formula is C13H13FN4O. The molecule has 6 heteroatoms. The van der Waals surface area contributed by atoms with Crippen LogP contribution < -0.4 is 5.32 Å². The van der Waals surface area contributed by atoms with Crippen molar-refractivity contribution >= 4 is 11.8 Å². The lowest BCUT2D eigenvalue weighted by atomic mass is 10.3. The lowest BCUT2D eigenvalue weighted by Crippen LogP contribution is -2.31. The number of hydrogen-bond donors (Lipinski definition) is 1. The highest BCUT2D eigenvalue weighted by Crippen LogP contribution is 2.06. The van der Waals surface area contributed by atoms with Gasteiger partial charge in [-0.25, -0.2) is 14.2 Å². The summed E-state index contributed by atoms with van der Waals surface area (Å²) in [5.74, 6) is -0.133. The van der Waals surface area contributed by atoms with Crippen molar-refractivity contribution in [3.8, 4) is 0 Å². The van der Waals surface area contributed by atoms with Crippen molar-refractivity contribution in [1.29, 1.82) is 0 Å². The van der Waals surface area contributed by atoms with Gasteiger partial charge in [-0.2, -0.15) is 0 Å². The van der Waals surface area contributed by atoms with Crippen molar-refractivity contribution in [3.63, 3.8) is 0 Å². The van der Waals surface area contributed by atoms with Gasteiger partial charge in [-0.15, -0.1) is 0 Å².